The number of aromatic nitrogens is 3. The molecule has 0 aliphatic carbocycles. The van der Waals surface area contributed by atoms with E-state index in [4.69, 9.17) is 0 Å². The summed E-state index contributed by atoms with van der Waals surface area (Å²) in [4.78, 5) is 17.2. The molecule has 0 bridgehead atoms. The van der Waals surface area contributed by atoms with E-state index in [9.17, 15) is 4.79 Å². The number of nitrogens with zero attached hydrogens (tertiary/aromatic N) is 3. The van der Waals surface area contributed by atoms with Gasteiger partial charge in [0.25, 0.3) is 0 Å². The smallest absolute Gasteiger partial charge is 0.231 e. The number of ketones is 1. The van der Waals surface area contributed by atoms with Crippen LogP contribution in [-0.2, 0) is 6.54 Å². The van der Waals surface area contributed by atoms with Gasteiger partial charge in [0.15, 0.2) is 0 Å². The largest absolute Gasteiger partial charge is 0.285 e. The Morgan fingerprint density at radius 3 is 2.90 bits per heavy atom. The lowest BCUT2D eigenvalue weighted by atomic mass is 10.1. The number of hydrogen-bond donors (Lipinski definition) is 0. The van der Waals surface area contributed by atoms with Gasteiger partial charge in [-0.2, -0.15) is 5.10 Å². The number of hydrogen-bond acceptors (Lipinski definition) is 3. The number of halogens is 1. The van der Waals surface area contributed by atoms with Gasteiger partial charge < -0.3 is 0 Å². The number of carbonyl (C=O) groups excluding carboxylic acids is 1. The summed E-state index contributed by atoms with van der Waals surface area (Å²) < 4.78 is 2.44. The van der Waals surface area contributed by atoms with Crippen LogP contribution in [0.5, 0.6) is 0 Å². The highest BCUT2D eigenvalue weighted by atomic mass is 79.9. The molecule has 0 spiro atoms. The summed E-state index contributed by atoms with van der Waals surface area (Å²) in [5.41, 5.74) is 1.02. The normalized spacial score (nSPS) is 11.0. The van der Waals surface area contributed by atoms with Gasteiger partial charge in [0, 0.05) is 18.1 Å². The second kappa shape index (κ2) is 5.77. The third-order valence-electron chi connectivity index (χ3n) is 3.33. The summed E-state index contributed by atoms with van der Waals surface area (Å²) >= 11 is 3.42. The quantitative estimate of drug-likeness (QED) is 0.676. The molecule has 0 atom stereocenters. The monoisotopic (exact) mass is 343 g/mol. The number of pyridine rings is 1. The van der Waals surface area contributed by atoms with E-state index in [0.29, 0.717) is 22.4 Å². The fourth-order valence-electron chi connectivity index (χ4n) is 2.38. The Balaban J connectivity index is 2.15. The Morgan fingerprint density at radius 2 is 2.10 bits per heavy atom. The topological polar surface area (TPSA) is 47.8 Å². The number of benzene rings is 1. The Kier molecular flexibility index (Phi) is 3.84. The van der Waals surface area contributed by atoms with Crippen LogP contribution in [0.25, 0.3) is 10.8 Å². The first kappa shape index (κ1) is 13.9. The van der Waals surface area contributed by atoms with E-state index >= 15 is 0 Å². The van der Waals surface area contributed by atoms with E-state index in [1.807, 2.05) is 30.3 Å². The maximum atomic E-state index is 12.9. The summed E-state index contributed by atoms with van der Waals surface area (Å²) in [5, 5.41) is 6.12. The van der Waals surface area contributed by atoms with Gasteiger partial charge >= 0.3 is 0 Å². The average molecular weight is 344 g/mol. The van der Waals surface area contributed by atoms with Gasteiger partial charge in [0.2, 0.25) is 5.78 Å². The Hall–Kier alpha value is -2.01. The molecular formula is C16H14BrN3O. The van der Waals surface area contributed by atoms with Crippen LogP contribution in [-0.4, -0.2) is 20.5 Å². The molecule has 0 N–H and O–H groups in total. The molecule has 0 saturated carbocycles. The van der Waals surface area contributed by atoms with Crippen molar-refractivity contribution in [2.45, 2.75) is 19.9 Å². The van der Waals surface area contributed by atoms with Gasteiger partial charge in [-0.25, -0.2) is 0 Å². The zero-order valence-corrected chi connectivity index (χ0v) is 13.2. The molecule has 0 fully saturated rings. The Labute approximate surface area is 130 Å². The van der Waals surface area contributed by atoms with Crippen LogP contribution in [0.15, 0.2) is 47.2 Å². The van der Waals surface area contributed by atoms with Crippen molar-refractivity contribution in [1.29, 1.82) is 0 Å². The van der Waals surface area contributed by atoms with Crippen molar-refractivity contribution in [3.05, 3.63) is 58.6 Å². The third-order valence-corrected chi connectivity index (χ3v) is 3.91. The SMILES string of the molecule is CCCn1ncc(Br)c1C(=O)c1nccc2ccccc12. The summed E-state index contributed by atoms with van der Waals surface area (Å²) in [7, 11) is 0. The zero-order chi connectivity index (χ0) is 14.8. The Bertz CT molecular complexity index is 805. The van der Waals surface area contributed by atoms with E-state index in [-0.39, 0.29) is 5.78 Å². The van der Waals surface area contributed by atoms with Crippen molar-refractivity contribution in [3.8, 4) is 0 Å². The number of fused-ring (bicyclic) bond motifs is 1. The first-order chi connectivity index (χ1) is 10.2. The second-order valence-electron chi connectivity index (χ2n) is 4.77. The summed E-state index contributed by atoms with van der Waals surface area (Å²) in [6.07, 6.45) is 4.25. The molecular weight excluding hydrogens is 330 g/mol. The third kappa shape index (κ3) is 2.49. The van der Waals surface area contributed by atoms with Crippen LogP contribution in [0.4, 0.5) is 0 Å². The highest BCUT2D eigenvalue weighted by Gasteiger charge is 2.21. The lowest BCUT2D eigenvalue weighted by Gasteiger charge is -2.08. The van der Waals surface area contributed by atoms with E-state index in [2.05, 4.69) is 32.9 Å². The zero-order valence-electron chi connectivity index (χ0n) is 11.6. The number of carbonyl (C=O) groups is 1. The average Bonchev–Trinajstić information content (AvgIpc) is 2.87. The summed E-state index contributed by atoms with van der Waals surface area (Å²) in [6.45, 7) is 2.76. The molecule has 2 aromatic heterocycles. The molecule has 5 heteroatoms. The maximum Gasteiger partial charge on any atom is 0.231 e. The molecule has 4 nitrogen and oxygen atoms in total. The minimum atomic E-state index is -0.107. The van der Waals surface area contributed by atoms with E-state index in [1.165, 1.54) is 0 Å². The highest BCUT2D eigenvalue weighted by Crippen LogP contribution is 2.23. The predicted octanol–water partition coefficient (Wildman–Crippen LogP) is 3.83. The molecule has 1 aromatic carbocycles. The second-order valence-corrected chi connectivity index (χ2v) is 5.63. The van der Waals surface area contributed by atoms with Gasteiger partial charge in [-0.3, -0.25) is 14.5 Å². The van der Waals surface area contributed by atoms with Crippen molar-refractivity contribution in [2.75, 3.05) is 0 Å². The molecule has 21 heavy (non-hydrogen) atoms. The number of rotatable bonds is 4. The van der Waals surface area contributed by atoms with Gasteiger partial charge in [-0.05, 0) is 33.8 Å². The highest BCUT2D eigenvalue weighted by molar-refractivity contribution is 9.10. The van der Waals surface area contributed by atoms with Gasteiger partial charge in [0.1, 0.15) is 11.4 Å². The molecule has 0 radical (unpaired) electrons. The lowest BCUT2D eigenvalue weighted by molar-refractivity contribution is 0.102. The number of aryl methyl sites for hydroxylation is 1. The van der Waals surface area contributed by atoms with Crippen LogP contribution >= 0.6 is 15.9 Å². The van der Waals surface area contributed by atoms with Crippen LogP contribution in [0.3, 0.4) is 0 Å². The van der Waals surface area contributed by atoms with Crippen LogP contribution < -0.4 is 0 Å². The van der Waals surface area contributed by atoms with Crippen molar-refractivity contribution >= 4 is 32.5 Å². The molecule has 0 aliphatic rings. The lowest BCUT2D eigenvalue weighted by Crippen LogP contribution is -2.13. The summed E-state index contributed by atoms with van der Waals surface area (Å²) in [6, 6.07) is 9.67. The van der Waals surface area contributed by atoms with Crippen LogP contribution in [0.2, 0.25) is 0 Å². The first-order valence-electron chi connectivity index (χ1n) is 6.82. The van der Waals surface area contributed by atoms with Crippen molar-refractivity contribution in [3.63, 3.8) is 0 Å². The molecule has 0 unspecified atom stereocenters. The summed E-state index contributed by atoms with van der Waals surface area (Å²) in [5.74, 6) is -0.107. The molecule has 0 saturated heterocycles. The van der Waals surface area contributed by atoms with E-state index in [0.717, 1.165) is 17.2 Å². The minimum Gasteiger partial charge on any atom is -0.285 e. The van der Waals surface area contributed by atoms with Crippen molar-refractivity contribution in [2.24, 2.45) is 0 Å². The van der Waals surface area contributed by atoms with Crippen molar-refractivity contribution in [1.82, 2.24) is 14.8 Å². The van der Waals surface area contributed by atoms with Crippen molar-refractivity contribution < 1.29 is 4.79 Å². The molecule has 106 valence electrons. The van der Waals surface area contributed by atoms with E-state index < -0.39 is 0 Å². The minimum absolute atomic E-state index is 0.107. The fourth-order valence-corrected chi connectivity index (χ4v) is 2.86. The molecule has 3 aromatic rings. The van der Waals surface area contributed by atoms with Gasteiger partial charge in [-0.15, -0.1) is 0 Å². The predicted molar refractivity (Wildman–Crippen MR) is 85.4 cm³/mol. The van der Waals surface area contributed by atoms with Gasteiger partial charge in [-0.1, -0.05) is 31.2 Å². The van der Waals surface area contributed by atoms with Crippen LogP contribution in [0, 0.1) is 0 Å². The molecule has 0 amide bonds. The van der Waals surface area contributed by atoms with Crippen LogP contribution in [0.1, 0.15) is 29.5 Å². The molecule has 3 rings (SSSR count). The maximum absolute atomic E-state index is 12.9. The standard InChI is InChI=1S/C16H14BrN3O/c1-2-9-20-15(13(17)10-19-20)16(21)14-12-6-4-3-5-11(12)7-8-18-14/h3-8,10H,2,9H2,1H3. The molecule has 2 heterocycles. The van der Waals surface area contributed by atoms with E-state index in [1.54, 1.807) is 17.1 Å². The first-order valence-corrected chi connectivity index (χ1v) is 7.61. The molecule has 0 aliphatic heterocycles. The fraction of sp³-hybridized carbons (Fsp3) is 0.188. The Morgan fingerprint density at radius 1 is 1.29 bits per heavy atom. The van der Waals surface area contributed by atoms with Gasteiger partial charge in [0.05, 0.1) is 10.7 Å².